The summed E-state index contributed by atoms with van der Waals surface area (Å²) in [6.45, 7) is 6.08. The van der Waals surface area contributed by atoms with Gasteiger partial charge < -0.3 is 19.2 Å². The van der Waals surface area contributed by atoms with E-state index >= 15 is 0 Å². The molecule has 0 bridgehead atoms. The summed E-state index contributed by atoms with van der Waals surface area (Å²) in [5.41, 5.74) is -0.493. The predicted molar refractivity (Wildman–Crippen MR) is 108 cm³/mol. The minimum Gasteiger partial charge on any atom is -0.481 e. The lowest BCUT2D eigenvalue weighted by atomic mass is 10.1. The van der Waals surface area contributed by atoms with Gasteiger partial charge in [-0.15, -0.1) is 10.2 Å². The Morgan fingerprint density at radius 1 is 1.26 bits per heavy atom. The van der Waals surface area contributed by atoms with Gasteiger partial charge in [0.2, 0.25) is 17.5 Å². The standard InChI is InChI=1S/C21H23N5O5/c1-13-24-25-15(31-13)11-22-18(27)16-17(29-12-14-7-5-4-6-8-14)19(28)26-9-10-30-21(2,3)20(26)23-16/h4-8H,9-12H2,1-3H3,(H,22,27). The lowest BCUT2D eigenvalue weighted by Crippen LogP contribution is -2.43. The Morgan fingerprint density at radius 3 is 2.74 bits per heavy atom. The van der Waals surface area contributed by atoms with E-state index in [0.717, 1.165) is 5.56 Å². The molecule has 0 fully saturated rings. The third kappa shape index (κ3) is 4.33. The van der Waals surface area contributed by atoms with Crippen LogP contribution >= 0.6 is 0 Å². The number of aromatic nitrogens is 4. The molecule has 0 atom stereocenters. The van der Waals surface area contributed by atoms with E-state index in [1.54, 1.807) is 20.8 Å². The van der Waals surface area contributed by atoms with Crippen LogP contribution in [0.2, 0.25) is 0 Å². The molecule has 3 aromatic rings. The van der Waals surface area contributed by atoms with E-state index in [2.05, 4.69) is 20.5 Å². The number of benzene rings is 1. The minimum atomic E-state index is -0.825. The topological polar surface area (TPSA) is 121 Å². The molecule has 10 nitrogen and oxygen atoms in total. The Kier molecular flexibility index (Phi) is 5.55. The second-order valence-electron chi connectivity index (χ2n) is 7.60. The molecule has 1 aromatic carbocycles. The third-order valence-corrected chi connectivity index (χ3v) is 4.85. The van der Waals surface area contributed by atoms with Crippen molar-refractivity contribution in [2.24, 2.45) is 0 Å². The van der Waals surface area contributed by atoms with E-state index in [1.165, 1.54) is 4.57 Å². The van der Waals surface area contributed by atoms with Crippen molar-refractivity contribution in [3.8, 4) is 5.75 Å². The molecule has 4 rings (SSSR count). The molecule has 31 heavy (non-hydrogen) atoms. The highest BCUT2D eigenvalue weighted by atomic mass is 16.5. The predicted octanol–water partition coefficient (Wildman–Crippen LogP) is 1.71. The highest BCUT2D eigenvalue weighted by molar-refractivity contribution is 5.94. The maximum atomic E-state index is 13.2. The van der Waals surface area contributed by atoms with E-state index in [0.29, 0.717) is 24.9 Å². The van der Waals surface area contributed by atoms with Gasteiger partial charge in [-0.1, -0.05) is 30.3 Å². The van der Waals surface area contributed by atoms with Gasteiger partial charge in [0.05, 0.1) is 19.7 Å². The Morgan fingerprint density at radius 2 is 2.03 bits per heavy atom. The zero-order valence-electron chi connectivity index (χ0n) is 17.5. The molecule has 162 valence electrons. The van der Waals surface area contributed by atoms with Crippen molar-refractivity contribution in [3.63, 3.8) is 0 Å². The van der Waals surface area contributed by atoms with Crippen LogP contribution in [0.25, 0.3) is 0 Å². The number of nitrogens with zero attached hydrogens (tertiary/aromatic N) is 4. The van der Waals surface area contributed by atoms with Gasteiger partial charge in [-0.25, -0.2) is 4.98 Å². The van der Waals surface area contributed by atoms with Crippen LogP contribution in [0.5, 0.6) is 5.75 Å². The lowest BCUT2D eigenvalue weighted by Gasteiger charge is -2.32. The molecule has 10 heteroatoms. The van der Waals surface area contributed by atoms with Gasteiger partial charge in [0, 0.05) is 6.92 Å². The summed E-state index contributed by atoms with van der Waals surface area (Å²) in [6, 6.07) is 9.38. The zero-order chi connectivity index (χ0) is 22.0. The molecule has 1 aliphatic heterocycles. The summed E-state index contributed by atoms with van der Waals surface area (Å²) in [5.74, 6) is 0.316. The van der Waals surface area contributed by atoms with E-state index in [1.807, 2.05) is 30.3 Å². The van der Waals surface area contributed by atoms with Gasteiger partial charge in [0.15, 0.2) is 5.69 Å². The lowest BCUT2D eigenvalue weighted by molar-refractivity contribution is -0.0567. The Labute approximate surface area is 178 Å². The highest BCUT2D eigenvalue weighted by Crippen LogP contribution is 2.28. The van der Waals surface area contributed by atoms with Crippen LogP contribution in [0.4, 0.5) is 0 Å². The summed E-state index contributed by atoms with van der Waals surface area (Å²) in [5, 5.41) is 10.2. The zero-order valence-corrected chi connectivity index (χ0v) is 17.5. The average Bonchev–Trinajstić information content (AvgIpc) is 3.17. The Bertz CT molecular complexity index is 1150. The third-order valence-electron chi connectivity index (χ3n) is 4.85. The summed E-state index contributed by atoms with van der Waals surface area (Å²) < 4.78 is 18.4. The van der Waals surface area contributed by atoms with Crippen molar-refractivity contribution in [2.45, 2.75) is 46.1 Å². The second kappa shape index (κ2) is 8.31. The Hall–Kier alpha value is -3.53. The second-order valence-corrected chi connectivity index (χ2v) is 7.60. The minimum absolute atomic E-state index is 0.00219. The number of ether oxygens (including phenoxy) is 2. The SMILES string of the molecule is Cc1nnc(CNC(=O)c2nc3n(c(=O)c2OCc2ccccc2)CCOC3(C)C)o1. The number of hydrogen-bond donors (Lipinski definition) is 1. The van der Waals surface area contributed by atoms with Crippen LogP contribution in [0.3, 0.4) is 0 Å². The summed E-state index contributed by atoms with van der Waals surface area (Å²) in [4.78, 5) is 30.7. The van der Waals surface area contributed by atoms with Crippen LogP contribution in [0.15, 0.2) is 39.5 Å². The van der Waals surface area contributed by atoms with Crippen molar-refractivity contribution in [1.82, 2.24) is 25.1 Å². The fraction of sp³-hybridized carbons (Fsp3) is 0.381. The van der Waals surface area contributed by atoms with Gasteiger partial charge in [-0.2, -0.15) is 0 Å². The van der Waals surface area contributed by atoms with Crippen LogP contribution in [-0.4, -0.2) is 32.3 Å². The van der Waals surface area contributed by atoms with Crippen molar-refractivity contribution in [2.75, 3.05) is 6.61 Å². The van der Waals surface area contributed by atoms with Crippen molar-refractivity contribution in [1.29, 1.82) is 0 Å². The van der Waals surface area contributed by atoms with Gasteiger partial charge in [-0.05, 0) is 19.4 Å². The molecule has 3 heterocycles. The molecule has 0 spiro atoms. The number of aryl methyl sites for hydroxylation is 1. The van der Waals surface area contributed by atoms with E-state index < -0.39 is 17.1 Å². The molecule has 0 unspecified atom stereocenters. The van der Waals surface area contributed by atoms with Crippen LogP contribution in [0.1, 0.15) is 47.5 Å². The first-order valence-electron chi connectivity index (χ1n) is 9.88. The summed E-state index contributed by atoms with van der Waals surface area (Å²) in [7, 11) is 0. The quantitative estimate of drug-likeness (QED) is 0.633. The normalized spacial score (nSPS) is 14.7. The molecule has 0 saturated carbocycles. The van der Waals surface area contributed by atoms with Crippen LogP contribution in [0, 0.1) is 6.92 Å². The van der Waals surface area contributed by atoms with E-state index in [4.69, 9.17) is 13.9 Å². The van der Waals surface area contributed by atoms with Crippen molar-refractivity contribution < 1.29 is 18.7 Å². The van der Waals surface area contributed by atoms with Crippen molar-refractivity contribution >= 4 is 5.91 Å². The number of nitrogens with one attached hydrogen (secondary N) is 1. The van der Waals surface area contributed by atoms with E-state index in [9.17, 15) is 9.59 Å². The van der Waals surface area contributed by atoms with Crippen molar-refractivity contribution in [3.05, 3.63) is 69.5 Å². The van der Waals surface area contributed by atoms with Crippen LogP contribution in [-0.2, 0) is 30.0 Å². The number of fused-ring (bicyclic) bond motifs is 1. The Balaban J connectivity index is 1.69. The summed E-state index contributed by atoms with van der Waals surface area (Å²) in [6.07, 6.45) is 0. The fourth-order valence-electron chi connectivity index (χ4n) is 3.32. The van der Waals surface area contributed by atoms with Gasteiger partial charge in [-0.3, -0.25) is 14.2 Å². The monoisotopic (exact) mass is 425 g/mol. The number of amides is 1. The number of hydrogen-bond acceptors (Lipinski definition) is 8. The molecule has 1 aliphatic rings. The fourth-order valence-corrected chi connectivity index (χ4v) is 3.32. The maximum Gasteiger partial charge on any atom is 0.296 e. The molecule has 0 aliphatic carbocycles. The largest absolute Gasteiger partial charge is 0.481 e. The first-order valence-corrected chi connectivity index (χ1v) is 9.88. The van der Waals surface area contributed by atoms with Gasteiger partial charge in [0.25, 0.3) is 11.5 Å². The molecule has 0 radical (unpaired) electrons. The average molecular weight is 425 g/mol. The maximum absolute atomic E-state index is 13.2. The number of rotatable bonds is 6. The molecular formula is C21H23N5O5. The van der Waals surface area contributed by atoms with Crippen LogP contribution < -0.4 is 15.6 Å². The number of carbonyl (C=O) groups is 1. The van der Waals surface area contributed by atoms with Gasteiger partial charge in [0.1, 0.15) is 18.0 Å². The molecule has 1 N–H and O–H groups in total. The summed E-state index contributed by atoms with van der Waals surface area (Å²) >= 11 is 0. The van der Waals surface area contributed by atoms with Gasteiger partial charge >= 0.3 is 0 Å². The molecule has 0 saturated heterocycles. The smallest absolute Gasteiger partial charge is 0.296 e. The highest BCUT2D eigenvalue weighted by Gasteiger charge is 2.35. The molecule has 1 amide bonds. The first-order chi connectivity index (χ1) is 14.8. The molecular weight excluding hydrogens is 402 g/mol. The van der Waals surface area contributed by atoms with E-state index in [-0.39, 0.29) is 30.5 Å². The molecule has 2 aromatic heterocycles. The first kappa shape index (κ1) is 20.7. The number of carbonyl (C=O) groups excluding carboxylic acids is 1.